The molecule has 18 heavy (non-hydrogen) atoms. The predicted octanol–water partition coefficient (Wildman–Crippen LogP) is 0.740. The fraction of sp³-hybridized carbons (Fsp3) is 0.385. The summed E-state index contributed by atoms with van der Waals surface area (Å²) >= 11 is 0. The maximum Gasteiger partial charge on any atom is 0.243 e. The second kappa shape index (κ2) is 5.64. The minimum Gasteiger partial charge on any atom is -0.392 e. The zero-order valence-corrected chi connectivity index (χ0v) is 10.1. The van der Waals surface area contributed by atoms with Crippen LogP contribution in [-0.2, 0) is 16.2 Å². The van der Waals surface area contributed by atoms with Gasteiger partial charge in [-0.05, 0) is 24.1 Å². The Morgan fingerprint density at radius 1 is 1.44 bits per heavy atom. The summed E-state index contributed by atoms with van der Waals surface area (Å²) in [5.74, 6) is -0.172. The first-order valence-corrected chi connectivity index (χ1v) is 5.96. The number of aliphatic hydroxyl groups is 1. The molecule has 1 saturated heterocycles. The molecule has 0 unspecified atom stereocenters. The maximum atomic E-state index is 11.7. The van der Waals surface area contributed by atoms with E-state index in [1.165, 1.54) is 0 Å². The lowest BCUT2D eigenvalue weighted by molar-refractivity contribution is -0.131. The van der Waals surface area contributed by atoms with Gasteiger partial charge < -0.3 is 15.3 Å². The number of carbonyl (C=O) groups excluding carboxylic acids is 2. The molecule has 2 rings (SSSR count). The second-order valence-corrected chi connectivity index (χ2v) is 4.33. The van der Waals surface area contributed by atoms with Crippen molar-refractivity contribution in [2.24, 2.45) is 0 Å². The van der Waals surface area contributed by atoms with Crippen LogP contribution in [0.2, 0.25) is 0 Å². The van der Waals surface area contributed by atoms with Crippen LogP contribution in [0.3, 0.4) is 0 Å². The van der Waals surface area contributed by atoms with Gasteiger partial charge in [-0.25, -0.2) is 0 Å². The summed E-state index contributed by atoms with van der Waals surface area (Å²) in [6.07, 6.45) is 1.36. The Labute approximate surface area is 105 Å². The molecule has 0 atom stereocenters. The average Bonchev–Trinajstić information content (AvgIpc) is 2.75. The number of hydrogen-bond donors (Lipinski definition) is 2. The lowest BCUT2D eigenvalue weighted by Gasteiger charge is -2.15. The van der Waals surface area contributed by atoms with Crippen LogP contribution in [0.1, 0.15) is 18.4 Å². The van der Waals surface area contributed by atoms with Gasteiger partial charge >= 0.3 is 0 Å². The standard InChI is InChI=1S/C13H16N2O3/c16-9-10-3-1-4-11(7-10)14-12(17)8-15-6-2-5-13(15)18/h1,3-4,7,16H,2,5-6,8-9H2,(H,14,17). The molecule has 5 heteroatoms. The van der Waals surface area contributed by atoms with Crippen LogP contribution in [0.15, 0.2) is 24.3 Å². The number of nitrogens with one attached hydrogen (secondary N) is 1. The number of benzene rings is 1. The van der Waals surface area contributed by atoms with Gasteiger partial charge in [0.1, 0.15) is 0 Å². The van der Waals surface area contributed by atoms with Crippen molar-refractivity contribution in [1.29, 1.82) is 0 Å². The second-order valence-electron chi connectivity index (χ2n) is 4.33. The highest BCUT2D eigenvalue weighted by atomic mass is 16.3. The van der Waals surface area contributed by atoms with Gasteiger partial charge in [0.2, 0.25) is 11.8 Å². The van der Waals surface area contributed by atoms with Gasteiger partial charge in [-0.1, -0.05) is 12.1 Å². The first-order valence-electron chi connectivity index (χ1n) is 5.96. The molecule has 1 aliphatic rings. The summed E-state index contributed by atoms with van der Waals surface area (Å²) in [6, 6.07) is 7.01. The molecule has 0 aromatic heterocycles. The molecule has 1 aliphatic heterocycles. The van der Waals surface area contributed by atoms with Crippen LogP contribution in [0, 0.1) is 0 Å². The van der Waals surface area contributed by atoms with Crippen LogP contribution in [-0.4, -0.2) is 34.9 Å². The number of nitrogens with zero attached hydrogens (tertiary/aromatic N) is 1. The lowest BCUT2D eigenvalue weighted by atomic mass is 10.2. The van der Waals surface area contributed by atoms with Gasteiger partial charge in [0.15, 0.2) is 0 Å². The van der Waals surface area contributed by atoms with E-state index in [1.54, 1.807) is 29.2 Å². The van der Waals surface area contributed by atoms with E-state index in [0.717, 1.165) is 12.0 Å². The van der Waals surface area contributed by atoms with E-state index < -0.39 is 0 Å². The molecule has 2 amide bonds. The van der Waals surface area contributed by atoms with Crippen molar-refractivity contribution < 1.29 is 14.7 Å². The van der Waals surface area contributed by atoms with Crippen LogP contribution in [0.5, 0.6) is 0 Å². The molecular weight excluding hydrogens is 232 g/mol. The van der Waals surface area contributed by atoms with E-state index in [0.29, 0.717) is 18.7 Å². The highest BCUT2D eigenvalue weighted by Crippen LogP contribution is 2.12. The molecule has 1 heterocycles. The highest BCUT2D eigenvalue weighted by Gasteiger charge is 2.22. The molecule has 96 valence electrons. The molecule has 2 N–H and O–H groups in total. The average molecular weight is 248 g/mol. The van der Waals surface area contributed by atoms with Crippen LogP contribution in [0.4, 0.5) is 5.69 Å². The quantitative estimate of drug-likeness (QED) is 0.825. The SMILES string of the molecule is O=C(CN1CCCC1=O)Nc1cccc(CO)c1. The molecule has 0 bridgehead atoms. The first kappa shape index (κ1) is 12.6. The van der Waals surface area contributed by atoms with E-state index in [-0.39, 0.29) is 25.0 Å². The number of hydrogen-bond acceptors (Lipinski definition) is 3. The lowest BCUT2D eigenvalue weighted by Crippen LogP contribution is -2.33. The molecule has 0 radical (unpaired) electrons. The fourth-order valence-electron chi connectivity index (χ4n) is 1.99. The summed E-state index contributed by atoms with van der Waals surface area (Å²) in [5.41, 5.74) is 1.38. The molecule has 0 spiro atoms. The van der Waals surface area contributed by atoms with Crippen molar-refractivity contribution in [2.75, 3.05) is 18.4 Å². The summed E-state index contributed by atoms with van der Waals surface area (Å²) in [6.45, 7) is 0.694. The predicted molar refractivity (Wildman–Crippen MR) is 66.8 cm³/mol. The Kier molecular flexibility index (Phi) is 3.94. The van der Waals surface area contributed by atoms with Crippen molar-refractivity contribution >= 4 is 17.5 Å². The van der Waals surface area contributed by atoms with Gasteiger partial charge in [0.05, 0.1) is 13.2 Å². The van der Waals surface area contributed by atoms with Crippen molar-refractivity contribution in [1.82, 2.24) is 4.90 Å². The monoisotopic (exact) mass is 248 g/mol. The van der Waals surface area contributed by atoms with Gasteiger partial charge in [-0.2, -0.15) is 0 Å². The number of anilines is 1. The number of rotatable bonds is 4. The van der Waals surface area contributed by atoms with Crippen molar-refractivity contribution in [3.05, 3.63) is 29.8 Å². The topological polar surface area (TPSA) is 69.6 Å². The third-order valence-electron chi connectivity index (χ3n) is 2.90. The Morgan fingerprint density at radius 2 is 2.28 bits per heavy atom. The summed E-state index contributed by atoms with van der Waals surface area (Å²) in [4.78, 5) is 24.7. The zero-order chi connectivity index (χ0) is 13.0. The minimum absolute atomic E-state index is 0.0364. The molecular formula is C13H16N2O3. The Bertz CT molecular complexity index is 459. The van der Waals surface area contributed by atoms with Crippen LogP contribution >= 0.6 is 0 Å². The van der Waals surface area contributed by atoms with Gasteiger partial charge in [-0.3, -0.25) is 9.59 Å². The molecule has 1 fully saturated rings. The number of carbonyl (C=O) groups is 2. The van der Waals surface area contributed by atoms with E-state index in [2.05, 4.69) is 5.32 Å². The smallest absolute Gasteiger partial charge is 0.243 e. The highest BCUT2D eigenvalue weighted by molar-refractivity contribution is 5.94. The number of aliphatic hydroxyl groups excluding tert-OH is 1. The normalized spacial score (nSPS) is 14.9. The minimum atomic E-state index is -0.208. The zero-order valence-electron chi connectivity index (χ0n) is 10.1. The largest absolute Gasteiger partial charge is 0.392 e. The van der Waals surface area contributed by atoms with Crippen molar-refractivity contribution in [2.45, 2.75) is 19.4 Å². The molecule has 0 aliphatic carbocycles. The Balaban J connectivity index is 1.92. The number of likely N-dealkylation sites (tertiary alicyclic amines) is 1. The van der Waals surface area contributed by atoms with Gasteiger partial charge in [0, 0.05) is 18.7 Å². The van der Waals surface area contributed by atoms with Crippen LogP contribution < -0.4 is 5.32 Å². The summed E-state index contributed by atoms with van der Waals surface area (Å²) in [7, 11) is 0. The van der Waals surface area contributed by atoms with E-state index in [9.17, 15) is 9.59 Å². The molecule has 1 aromatic carbocycles. The van der Waals surface area contributed by atoms with E-state index >= 15 is 0 Å². The molecule has 5 nitrogen and oxygen atoms in total. The molecule has 0 saturated carbocycles. The van der Waals surface area contributed by atoms with Crippen molar-refractivity contribution in [3.63, 3.8) is 0 Å². The fourth-order valence-corrected chi connectivity index (χ4v) is 1.99. The van der Waals surface area contributed by atoms with Gasteiger partial charge in [-0.15, -0.1) is 0 Å². The Morgan fingerprint density at radius 3 is 2.94 bits per heavy atom. The van der Waals surface area contributed by atoms with E-state index in [4.69, 9.17) is 5.11 Å². The van der Waals surface area contributed by atoms with Crippen molar-refractivity contribution in [3.8, 4) is 0 Å². The third kappa shape index (κ3) is 3.07. The van der Waals surface area contributed by atoms with Crippen LogP contribution in [0.25, 0.3) is 0 Å². The van der Waals surface area contributed by atoms with Gasteiger partial charge in [0.25, 0.3) is 0 Å². The van der Waals surface area contributed by atoms with E-state index in [1.807, 2.05) is 0 Å². The maximum absolute atomic E-state index is 11.7. The Hall–Kier alpha value is -1.88. The summed E-state index contributed by atoms with van der Waals surface area (Å²) < 4.78 is 0. The first-order chi connectivity index (χ1) is 8.69. The molecule has 1 aromatic rings. The third-order valence-corrected chi connectivity index (χ3v) is 2.90. The summed E-state index contributed by atoms with van der Waals surface area (Å²) in [5, 5.41) is 11.7. The number of amides is 2.